The second-order valence-corrected chi connectivity index (χ2v) is 7.23. The number of anilines is 1. The van der Waals surface area contributed by atoms with Gasteiger partial charge in [0, 0.05) is 27.8 Å². The molecule has 0 aliphatic rings. The van der Waals surface area contributed by atoms with E-state index in [1.807, 2.05) is 6.07 Å². The molecule has 2 aromatic heterocycles. The van der Waals surface area contributed by atoms with Crippen LogP contribution in [0.4, 0.5) is 5.82 Å². The predicted molar refractivity (Wildman–Crippen MR) is 88.8 cm³/mol. The van der Waals surface area contributed by atoms with Crippen LogP contribution >= 0.6 is 38.5 Å². The molecular formula is C13H14BrIN4. The van der Waals surface area contributed by atoms with E-state index in [4.69, 9.17) is 5.73 Å². The Balaban J connectivity index is 2.63. The molecule has 0 aliphatic heterocycles. The number of nitrogen functional groups attached to an aromatic ring is 1. The highest BCUT2D eigenvalue weighted by Crippen LogP contribution is 2.30. The Bertz CT molecular complexity index is 623. The average Bonchev–Trinajstić information content (AvgIpc) is 2.31. The molecule has 0 atom stereocenters. The van der Waals surface area contributed by atoms with Crippen molar-refractivity contribution in [1.29, 1.82) is 0 Å². The normalized spacial score (nSPS) is 11.6. The van der Waals surface area contributed by atoms with E-state index < -0.39 is 0 Å². The lowest BCUT2D eigenvalue weighted by molar-refractivity contribution is 0.564. The lowest BCUT2D eigenvalue weighted by Gasteiger charge is -2.20. The molecule has 0 radical (unpaired) electrons. The van der Waals surface area contributed by atoms with Gasteiger partial charge in [-0.3, -0.25) is 4.98 Å². The zero-order valence-corrected chi connectivity index (χ0v) is 14.7. The van der Waals surface area contributed by atoms with Crippen LogP contribution in [0.2, 0.25) is 0 Å². The molecule has 19 heavy (non-hydrogen) atoms. The predicted octanol–water partition coefficient (Wildman–Crippen LogP) is 3.79. The standard InChI is InChI=1S/C13H14BrIN4/c1-13(2,3)10-9(15)11(16)19-12(18-10)7-4-8(14)6-17-5-7/h4-6H,1-3H3,(H2,16,18,19). The van der Waals surface area contributed by atoms with Crippen molar-refractivity contribution in [1.82, 2.24) is 15.0 Å². The summed E-state index contributed by atoms with van der Waals surface area (Å²) in [4.78, 5) is 13.1. The molecule has 100 valence electrons. The van der Waals surface area contributed by atoms with Crippen LogP contribution in [0.1, 0.15) is 26.5 Å². The molecule has 4 nitrogen and oxygen atoms in total. The number of hydrogen-bond donors (Lipinski definition) is 1. The van der Waals surface area contributed by atoms with Crippen LogP contribution in [-0.4, -0.2) is 15.0 Å². The molecule has 6 heteroatoms. The quantitative estimate of drug-likeness (QED) is 0.696. The van der Waals surface area contributed by atoms with Gasteiger partial charge in [0.05, 0.1) is 9.26 Å². The zero-order valence-electron chi connectivity index (χ0n) is 10.9. The molecule has 0 amide bonds. The third-order valence-electron chi connectivity index (χ3n) is 2.55. The van der Waals surface area contributed by atoms with Gasteiger partial charge in [-0.2, -0.15) is 0 Å². The molecular weight excluding hydrogens is 419 g/mol. The number of nitrogens with two attached hydrogens (primary N) is 1. The summed E-state index contributed by atoms with van der Waals surface area (Å²) in [5, 5.41) is 0. The molecule has 0 saturated carbocycles. The van der Waals surface area contributed by atoms with Crippen molar-refractivity contribution in [2.45, 2.75) is 26.2 Å². The molecule has 0 unspecified atom stereocenters. The van der Waals surface area contributed by atoms with Crippen molar-refractivity contribution in [2.75, 3.05) is 5.73 Å². The maximum atomic E-state index is 6.00. The van der Waals surface area contributed by atoms with Crippen molar-refractivity contribution in [3.05, 3.63) is 32.2 Å². The Morgan fingerprint density at radius 2 is 1.89 bits per heavy atom. The summed E-state index contributed by atoms with van der Waals surface area (Å²) in [5.41, 5.74) is 7.73. The zero-order chi connectivity index (χ0) is 14.2. The topological polar surface area (TPSA) is 64.7 Å². The van der Waals surface area contributed by atoms with E-state index in [1.165, 1.54) is 0 Å². The van der Waals surface area contributed by atoms with Crippen LogP contribution in [0, 0.1) is 3.57 Å². The highest BCUT2D eigenvalue weighted by molar-refractivity contribution is 14.1. The summed E-state index contributed by atoms with van der Waals surface area (Å²) >= 11 is 5.60. The maximum Gasteiger partial charge on any atom is 0.163 e. The molecule has 2 heterocycles. The molecule has 0 aromatic carbocycles. The number of nitrogens with zero attached hydrogens (tertiary/aromatic N) is 3. The Kier molecular flexibility index (Phi) is 4.10. The van der Waals surface area contributed by atoms with Gasteiger partial charge in [-0.15, -0.1) is 0 Å². The summed E-state index contributed by atoms with van der Waals surface area (Å²) in [5.74, 6) is 1.12. The highest BCUT2D eigenvalue weighted by Gasteiger charge is 2.22. The number of aromatic nitrogens is 3. The third kappa shape index (κ3) is 3.22. The summed E-state index contributed by atoms with van der Waals surface area (Å²) in [7, 11) is 0. The number of rotatable bonds is 1. The molecule has 0 spiro atoms. The van der Waals surface area contributed by atoms with Gasteiger partial charge in [-0.05, 0) is 44.6 Å². The Hall–Kier alpha value is -0.760. The monoisotopic (exact) mass is 432 g/mol. The first-order chi connectivity index (χ1) is 8.79. The molecule has 2 rings (SSSR count). The molecule has 2 aromatic rings. The minimum atomic E-state index is -0.0816. The fourth-order valence-electron chi connectivity index (χ4n) is 1.62. The van der Waals surface area contributed by atoms with Crippen molar-refractivity contribution in [3.63, 3.8) is 0 Å². The number of hydrogen-bond acceptors (Lipinski definition) is 4. The van der Waals surface area contributed by atoms with E-state index in [2.05, 4.69) is 74.2 Å². The Morgan fingerprint density at radius 1 is 1.21 bits per heavy atom. The lowest BCUT2D eigenvalue weighted by Crippen LogP contribution is -2.18. The van der Waals surface area contributed by atoms with E-state index in [-0.39, 0.29) is 5.41 Å². The number of pyridine rings is 1. The van der Waals surface area contributed by atoms with Crippen LogP contribution in [0.5, 0.6) is 0 Å². The first-order valence-electron chi connectivity index (χ1n) is 5.73. The van der Waals surface area contributed by atoms with Crippen LogP contribution < -0.4 is 5.73 Å². The van der Waals surface area contributed by atoms with Crippen molar-refractivity contribution in [2.24, 2.45) is 0 Å². The maximum absolute atomic E-state index is 6.00. The molecule has 2 N–H and O–H groups in total. The molecule has 0 saturated heterocycles. The van der Waals surface area contributed by atoms with E-state index in [0.29, 0.717) is 11.6 Å². The molecule has 0 fully saturated rings. The van der Waals surface area contributed by atoms with E-state index in [0.717, 1.165) is 19.3 Å². The Labute approximate surface area is 134 Å². The highest BCUT2D eigenvalue weighted by atomic mass is 127. The molecule has 0 aliphatic carbocycles. The molecule has 0 bridgehead atoms. The summed E-state index contributed by atoms with van der Waals surface area (Å²) in [6.45, 7) is 6.33. The fourth-order valence-corrected chi connectivity index (χ4v) is 3.04. The SMILES string of the molecule is CC(C)(C)c1nc(-c2cncc(Br)c2)nc(N)c1I. The Morgan fingerprint density at radius 3 is 2.47 bits per heavy atom. The van der Waals surface area contributed by atoms with Gasteiger partial charge in [0.25, 0.3) is 0 Å². The van der Waals surface area contributed by atoms with Gasteiger partial charge in [0.15, 0.2) is 5.82 Å². The fraction of sp³-hybridized carbons (Fsp3) is 0.308. The van der Waals surface area contributed by atoms with Gasteiger partial charge < -0.3 is 5.73 Å². The van der Waals surface area contributed by atoms with Crippen molar-refractivity contribution < 1.29 is 0 Å². The van der Waals surface area contributed by atoms with Gasteiger partial charge in [0.1, 0.15) is 5.82 Å². The van der Waals surface area contributed by atoms with Gasteiger partial charge in [-0.1, -0.05) is 20.8 Å². The second-order valence-electron chi connectivity index (χ2n) is 5.24. The second kappa shape index (κ2) is 5.32. The van der Waals surface area contributed by atoms with Crippen LogP contribution in [0.15, 0.2) is 22.9 Å². The number of halogens is 2. The van der Waals surface area contributed by atoms with Crippen molar-refractivity contribution >= 4 is 44.3 Å². The van der Waals surface area contributed by atoms with Gasteiger partial charge in [0.2, 0.25) is 0 Å². The van der Waals surface area contributed by atoms with E-state index in [1.54, 1.807) is 12.4 Å². The summed E-state index contributed by atoms with van der Waals surface area (Å²) in [6, 6.07) is 1.93. The minimum Gasteiger partial charge on any atom is -0.383 e. The van der Waals surface area contributed by atoms with Crippen molar-refractivity contribution in [3.8, 4) is 11.4 Å². The largest absolute Gasteiger partial charge is 0.383 e. The van der Waals surface area contributed by atoms with Crippen LogP contribution in [-0.2, 0) is 5.41 Å². The first kappa shape index (κ1) is 14.6. The third-order valence-corrected chi connectivity index (χ3v) is 4.05. The average molecular weight is 433 g/mol. The van der Waals surface area contributed by atoms with Gasteiger partial charge >= 0.3 is 0 Å². The van der Waals surface area contributed by atoms with Crippen LogP contribution in [0.25, 0.3) is 11.4 Å². The van der Waals surface area contributed by atoms with Crippen LogP contribution in [0.3, 0.4) is 0 Å². The van der Waals surface area contributed by atoms with E-state index >= 15 is 0 Å². The summed E-state index contributed by atoms with van der Waals surface area (Å²) < 4.78 is 1.81. The van der Waals surface area contributed by atoms with Gasteiger partial charge in [-0.25, -0.2) is 9.97 Å². The van der Waals surface area contributed by atoms with E-state index in [9.17, 15) is 0 Å². The smallest absolute Gasteiger partial charge is 0.163 e. The lowest BCUT2D eigenvalue weighted by atomic mass is 9.92. The minimum absolute atomic E-state index is 0.0816. The summed E-state index contributed by atoms with van der Waals surface area (Å²) in [6.07, 6.45) is 3.46. The first-order valence-corrected chi connectivity index (χ1v) is 7.60.